The van der Waals surface area contributed by atoms with Crippen LogP contribution in [0.15, 0.2) is 12.3 Å². The molecule has 5 nitrogen and oxygen atoms in total. The summed E-state index contributed by atoms with van der Waals surface area (Å²) >= 11 is 0. The Balaban J connectivity index is 2.32. The zero-order valence-electron chi connectivity index (χ0n) is 10.5. The zero-order chi connectivity index (χ0) is 12.5. The Bertz CT molecular complexity index is 318. The maximum absolute atomic E-state index is 9.11. The van der Waals surface area contributed by atoms with E-state index in [0.29, 0.717) is 18.4 Å². The summed E-state index contributed by atoms with van der Waals surface area (Å²) < 4.78 is 5.41. The van der Waals surface area contributed by atoms with Gasteiger partial charge in [-0.3, -0.25) is 0 Å². The van der Waals surface area contributed by atoms with E-state index in [2.05, 4.69) is 22.2 Å². The first-order chi connectivity index (χ1) is 8.22. The molecule has 1 unspecified atom stereocenters. The predicted octanol–water partition coefficient (Wildman–Crippen LogP) is 1.84. The number of rotatable bonds is 8. The number of hydrogen-bond donors (Lipinski definition) is 2. The van der Waals surface area contributed by atoms with Crippen LogP contribution in [0, 0.1) is 0 Å². The van der Waals surface area contributed by atoms with E-state index >= 15 is 0 Å². The number of ether oxygens (including phenoxy) is 1. The molecule has 0 amide bonds. The molecule has 0 radical (unpaired) electrons. The van der Waals surface area contributed by atoms with Crippen molar-refractivity contribution < 1.29 is 9.84 Å². The highest BCUT2D eigenvalue weighted by atomic mass is 16.5. The topological polar surface area (TPSA) is 67.3 Å². The summed E-state index contributed by atoms with van der Waals surface area (Å²) in [7, 11) is 0. The molecule has 1 rings (SSSR count). The largest absolute Gasteiger partial charge is 0.478 e. The molecule has 0 bridgehead atoms. The lowest BCUT2D eigenvalue weighted by Crippen LogP contribution is -2.09. The Morgan fingerprint density at radius 1 is 1.53 bits per heavy atom. The number of aliphatic hydroxyl groups excluding tert-OH is 1. The fourth-order valence-electron chi connectivity index (χ4n) is 1.31. The van der Waals surface area contributed by atoms with E-state index in [-0.39, 0.29) is 6.10 Å². The summed E-state index contributed by atoms with van der Waals surface area (Å²) in [6, 6.07) is 1.75. The van der Waals surface area contributed by atoms with Gasteiger partial charge in [0.05, 0.1) is 12.7 Å². The van der Waals surface area contributed by atoms with E-state index in [1.54, 1.807) is 19.2 Å². The van der Waals surface area contributed by atoms with Crippen molar-refractivity contribution in [1.29, 1.82) is 0 Å². The summed E-state index contributed by atoms with van der Waals surface area (Å²) in [5.41, 5.74) is 0. The van der Waals surface area contributed by atoms with E-state index in [1.165, 1.54) is 0 Å². The normalized spacial score (nSPS) is 12.2. The molecule has 17 heavy (non-hydrogen) atoms. The third-order valence-electron chi connectivity index (χ3n) is 2.17. The van der Waals surface area contributed by atoms with Gasteiger partial charge in [0.1, 0.15) is 0 Å². The highest BCUT2D eigenvalue weighted by molar-refractivity contribution is 5.27. The van der Waals surface area contributed by atoms with Crippen LogP contribution < -0.4 is 10.1 Å². The molecular weight excluding hydrogens is 218 g/mol. The molecule has 0 saturated heterocycles. The average Bonchev–Trinajstić information content (AvgIpc) is 2.32. The fraction of sp³-hybridized carbons (Fsp3) is 0.667. The SMILES string of the molecule is CCCOc1ccnc(NCCCC(C)O)n1. The van der Waals surface area contributed by atoms with Gasteiger partial charge in [0, 0.05) is 18.8 Å². The number of nitrogens with zero attached hydrogens (tertiary/aromatic N) is 2. The Kier molecular flexibility index (Phi) is 6.32. The van der Waals surface area contributed by atoms with Crippen molar-refractivity contribution in [3.8, 4) is 5.88 Å². The third kappa shape index (κ3) is 6.06. The first kappa shape index (κ1) is 13.7. The molecule has 0 fully saturated rings. The van der Waals surface area contributed by atoms with Gasteiger partial charge in [0.2, 0.25) is 11.8 Å². The van der Waals surface area contributed by atoms with Crippen molar-refractivity contribution in [2.24, 2.45) is 0 Å². The molecule has 0 aliphatic rings. The van der Waals surface area contributed by atoms with Gasteiger partial charge in [-0.2, -0.15) is 4.98 Å². The Morgan fingerprint density at radius 2 is 2.35 bits per heavy atom. The third-order valence-corrected chi connectivity index (χ3v) is 2.17. The Hall–Kier alpha value is -1.36. The van der Waals surface area contributed by atoms with Gasteiger partial charge in [0.15, 0.2) is 0 Å². The van der Waals surface area contributed by atoms with Crippen LogP contribution in [0.25, 0.3) is 0 Å². The number of nitrogens with one attached hydrogen (secondary N) is 1. The first-order valence-corrected chi connectivity index (χ1v) is 6.10. The molecule has 2 N–H and O–H groups in total. The van der Waals surface area contributed by atoms with E-state index in [1.807, 2.05) is 0 Å². The minimum atomic E-state index is -0.253. The van der Waals surface area contributed by atoms with Crippen molar-refractivity contribution in [2.45, 2.75) is 39.2 Å². The summed E-state index contributed by atoms with van der Waals surface area (Å²) in [5.74, 6) is 1.17. The molecular formula is C12H21N3O2. The van der Waals surface area contributed by atoms with E-state index in [9.17, 15) is 0 Å². The van der Waals surface area contributed by atoms with Crippen LogP contribution in [-0.2, 0) is 0 Å². The van der Waals surface area contributed by atoms with Crippen LogP contribution in [0.1, 0.15) is 33.1 Å². The Morgan fingerprint density at radius 3 is 3.06 bits per heavy atom. The summed E-state index contributed by atoms with van der Waals surface area (Å²) in [4.78, 5) is 8.32. The quantitative estimate of drug-likeness (QED) is 0.677. The molecule has 96 valence electrons. The van der Waals surface area contributed by atoms with Gasteiger partial charge in [0.25, 0.3) is 0 Å². The van der Waals surface area contributed by atoms with Crippen LogP contribution in [-0.4, -0.2) is 34.3 Å². The highest BCUT2D eigenvalue weighted by Gasteiger charge is 2.00. The number of hydrogen-bond acceptors (Lipinski definition) is 5. The maximum atomic E-state index is 9.11. The molecule has 0 aromatic carbocycles. The van der Waals surface area contributed by atoms with E-state index in [4.69, 9.17) is 9.84 Å². The lowest BCUT2D eigenvalue weighted by atomic mass is 10.2. The second-order valence-corrected chi connectivity index (χ2v) is 3.98. The number of anilines is 1. The Labute approximate surface area is 102 Å². The number of aromatic nitrogens is 2. The molecule has 0 spiro atoms. The van der Waals surface area contributed by atoms with Crippen molar-refractivity contribution in [1.82, 2.24) is 9.97 Å². The van der Waals surface area contributed by atoms with Crippen LogP contribution in [0.5, 0.6) is 5.88 Å². The minimum absolute atomic E-state index is 0.253. The van der Waals surface area contributed by atoms with Gasteiger partial charge in [-0.15, -0.1) is 0 Å². The van der Waals surface area contributed by atoms with Crippen molar-refractivity contribution in [3.63, 3.8) is 0 Å². The molecule has 1 aromatic rings. The molecule has 0 saturated carbocycles. The lowest BCUT2D eigenvalue weighted by molar-refractivity contribution is 0.183. The number of aliphatic hydroxyl groups is 1. The predicted molar refractivity (Wildman–Crippen MR) is 67.2 cm³/mol. The van der Waals surface area contributed by atoms with Gasteiger partial charge in [-0.1, -0.05) is 6.92 Å². The molecule has 0 aliphatic carbocycles. The van der Waals surface area contributed by atoms with Crippen molar-refractivity contribution in [2.75, 3.05) is 18.5 Å². The zero-order valence-corrected chi connectivity index (χ0v) is 10.5. The molecule has 5 heteroatoms. The van der Waals surface area contributed by atoms with Crippen LogP contribution in [0.4, 0.5) is 5.95 Å². The monoisotopic (exact) mass is 239 g/mol. The smallest absolute Gasteiger partial charge is 0.225 e. The van der Waals surface area contributed by atoms with Crippen LogP contribution >= 0.6 is 0 Å². The van der Waals surface area contributed by atoms with Crippen molar-refractivity contribution in [3.05, 3.63) is 12.3 Å². The second-order valence-electron chi connectivity index (χ2n) is 3.98. The van der Waals surface area contributed by atoms with Crippen LogP contribution in [0.3, 0.4) is 0 Å². The highest BCUT2D eigenvalue weighted by Crippen LogP contribution is 2.08. The van der Waals surface area contributed by atoms with E-state index in [0.717, 1.165) is 25.8 Å². The maximum Gasteiger partial charge on any atom is 0.225 e. The van der Waals surface area contributed by atoms with Gasteiger partial charge in [-0.25, -0.2) is 4.98 Å². The van der Waals surface area contributed by atoms with Crippen LogP contribution in [0.2, 0.25) is 0 Å². The standard InChI is InChI=1S/C12H21N3O2/c1-3-9-17-11-6-8-14-12(15-11)13-7-4-5-10(2)16/h6,8,10,16H,3-5,7,9H2,1-2H3,(H,13,14,15). The second kappa shape index (κ2) is 7.84. The molecule has 0 aliphatic heterocycles. The van der Waals surface area contributed by atoms with Gasteiger partial charge in [-0.05, 0) is 26.2 Å². The lowest BCUT2D eigenvalue weighted by Gasteiger charge is -2.07. The van der Waals surface area contributed by atoms with Gasteiger partial charge < -0.3 is 15.2 Å². The van der Waals surface area contributed by atoms with Gasteiger partial charge >= 0.3 is 0 Å². The first-order valence-electron chi connectivity index (χ1n) is 6.10. The van der Waals surface area contributed by atoms with E-state index < -0.39 is 0 Å². The summed E-state index contributed by atoms with van der Waals surface area (Å²) in [6.07, 6.45) is 4.05. The molecule has 1 atom stereocenters. The molecule has 1 heterocycles. The summed E-state index contributed by atoms with van der Waals surface area (Å²) in [5, 5.41) is 12.2. The average molecular weight is 239 g/mol. The fourth-order valence-corrected chi connectivity index (χ4v) is 1.31. The minimum Gasteiger partial charge on any atom is -0.478 e. The molecule has 1 aromatic heterocycles. The summed E-state index contributed by atoms with van der Waals surface area (Å²) in [6.45, 7) is 5.26. The van der Waals surface area contributed by atoms with Crippen molar-refractivity contribution >= 4 is 5.95 Å².